The first-order valence-electron chi connectivity index (χ1n) is 9.46. The van der Waals surface area contributed by atoms with E-state index in [0.717, 1.165) is 21.3 Å². The summed E-state index contributed by atoms with van der Waals surface area (Å²) in [6.45, 7) is 2.39. The predicted molar refractivity (Wildman–Crippen MR) is 132 cm³/mol. The van der Waals surface area contributed by atoms with Crippen LogP contribution in [0.1, 0.15) is 25.3 Å². The summed E-state index contributed by atoms with van der Waals surface area (Å²) in [5, 5.41) is 2.86. The minimum Gasteiger partial charge on any atom is -0.326 e. The molecule has 1 fully saturated rings. The van der Waals surface area contributed by atoms with E-state index >= 15 is 0 Å². The molecule has 1 N–H and O–H groups in total. The molecule has 0 saturated carbocycles. The van der Waals surface area contributed by atoms with Crippen LogP contribution in [0.25, 0.3) is 6.08 Å². The van der Waals surface area contributed by atoms with Gasteiger partial charge in [0, 0.05) is 23.1 Å². The van der Waals surface area contributed by atoms with Crippen LogP contribution in [0.15, 0.2) is 75.6 Å². The van der Waals surface area contributed by atoms with Gasteiger partial charge < -0.3 is 5.32 Å². The zero-order chi connectivity index (χ0) is 21.5. The number of thioether (sulfide) groups is 1. The van der Waals surface area contributed by atoms with Crippen LogP contribution >= 0.6 is 39.9 Å². The lowest BCUT2D eigenvalue weighted by atomic mass is 10.1. The van der Waals surface area contributed by atoms with Crippen LogP contribution in [0.2, 0.25) is 0 Å². The molecule has 2 aromatic carbocycles. The van der Waals surface area contributed by atoms with Gasteiger partial charge in [-0.25, -0.2) is 0 Å². The van der Waals surface area contributed by atoms with E-state index in [1.54, 1.807) is 4.90 Å². The number of nitrogens with one attached hydrogen (secondary N) is 1. The lowest BCUT2D eigenvalue weighted by Crippen LogP contribution is -2.29. The standard InChI is InChI=1S/C23H21BrN2O2S2/c1-16(13-17-7-3-2-4-8-17)14-20-22(28)26(23(29)30-20)12-6-11-21(27)25-19-10-5-9-18(24)15-19/h2-5,7-10,13-15H,6,11-12H2,1H3,(H,25,27). The summed E-state index contributed by atoms with van der Waals surface area (Å²) in [7, 11) is 0. The number of amides is 2. The van der Waals surface area contributed by atoms with Crippen molar-refractivity contribution in [1.29, 1.82) is 0 Å². The molecule has 0 radical (unpaired) electrons. The van der Waals surface area contributed by atoms with Gasteiger partial charge in [-0.15, -0.1) is 0 Å². The van der Waals surface area contributed by atoms with Gasteiger partial charge in [-0.2, -0.15) is 0 Å². The molecule has 2 amide bonds. The highest BCUT2D eigenvalue weighted by Gasteiger charge is 2.31. The molecule has 0 atom stereocenters. The van der Waals surface area contributed by atoms with Gasteiger partial charge in [0.2, 0.25) is 5.91 Å². The molecule has 0 aliphatic carbocycles. The maximum Gasteiger partial charge on any atom is 0.266 e. The monoisotopic (exact) mass is 500 g/mol. The van der Waals surface area contributed by atoms with Gasteiger partial charge in [0.15, 0.2) is 0 Å². The zero-order valence-corrected chi connectivity index (χ0v) is 19.6. The van der Waals surface area contributed by atoms with E-state index in [9.17, 15) is 9.59 Å². The summed E-state index contributed by atoms with van der Waals surface area (Å²) in [4.78, 5) is 27.1. The second kappa shape index (κ2) is 10.7. The molecule has 0 spiro atoms. The van der Waals surface area contributed by atoms with Crippen molar-refractivity contribution >= 4 is 67.8 Å². The van der Waals surface area contributed by atoms with Gasteiger partial charge in [0.1, 0.15) is 4.32 Å². The van der Waals surface area contributed by atoms with Crippen LogP contribution < -0.4 is 5.32 Å². The van der Waals surface area contributed by atoms with Crippen LogP contribution in [0.3, 0.4) is 0 Å². The molecule has 3 rings (SSSR count). The normalized spacial score (nSPS) is 15.7. The smallest absolute Gasteiger partial charge is 0.266 e. The number of nitrogens with zero attached hydrogens (tertiary/aromatic N) is 1. The van der Waals surface area contributed by atoms with Crippen molar-refractivity contribution < 1.29 is 9.59 Å². The SMILES string of the molecule is CC(=Cc1ccccc1)C=C1SC(=S)N(CCCC(=O)Nc2cccc(Br)c2)C1=O. The maximum absolute atomic E-state index is 12.7. The summed E-state index contributed by atoms with van der Waals surface area (Å²) in [5.74, 6) is -0.186. The summed E-state index contributed by atoms with van der Waals surface area (Å²) < 4.78 is 1.44. The van der Waals surface area contributed by atoms with Crippen LogP contribution in [0.4, 0.5) is 5.69 Å². The Hall–Kier alpha value is -2.22. The highest BCUT2D eigenvalue weighted by atomic mass is 79.9. The van der Waals surface area contributed by atoms with E-state index in [4.69, 9.17) is 12.2 Å². The number of benzene rings is 2. The summed E-state index contributed by atoms with van der Waals surface area (Å²) in [6, 6.07) is 17.4. The van der Waals surface area contributed by atoms with Crippen molar-refractivity contribution in [2.45, 2.75) is 19.8 Å². The Morgan fingerprint density at radius 3 is 2.70 bits per heavy atom. The van der Waals surface area contributed by atoms with Gasteiger partial charge in [0.05, 0.1) is 4.91 Å². The van der Waals surface area contributed by atoms with E-state index in [0.29, 0.717) is 28.6 Å². The quantitative estimate of drug-likeness (QED) is 0.373. The molecule has 1 aliphatic heterocycles. The fraction of sp³-hybridized carbons (Fsp3) is 0.174. The molecule has 0 unspecified atom stereocenters. The highest BCUT2D eigenvalue weighted by Crippen LogP contribution is 2.32. The zero-order valence-electron chi connectivity index (χ0n) is 16.4. The van der Waals surface area contributed by atoms with E-state index in [-0.39, 0.29) is 11.8 Å². The third-order valence-electron chi connectivity index (χ3n) is 4.32. The average Bonchev–Trinajstić information content (AvgIpc) is 2.96. The van der Waals surface area contributed by atoms with Crippen molar-refractivity contribution in [3.05, 3.63) is 81.2 Å². The first kappa shape index (κ1) is 22.5. The first-order valence-corrected chi connectivity index (χ1v) is 11.5. The molecular formula is C23H21BrN2O2S2. The minimum atomic E-state index is -0.0989. The maximum atomic E-state index is 12.7. The van der Waals surface area contributed by atoms with Gasteiger partial charge in [-0.05, 0) is 48.8 Å². The number of thiocarbonyl (C=S) groups is 1. The van der Waals surface area contributed by atoms with Crippen LogP contribution in [0, 0.1) is 0 Å². The Morgan fingerprint density at radius 1 is 1.20 bits per heavy atom. The van der Waals surface area contributed by atoms with Gasteiger partial charge in [-0.1, -0.05) is 82.4 Å². The summed E-state index contributed by atoms with van der Waals surface area (Å²) >= 11 is 10.1. The third kappa shape index (κ3) is 6.39. The number of hydrogen-bond donors (Lipinski definition) is 1. The van der Waals surface area contributed by atoms with Crippen LogP contribution in [-0.2, 0) is 9.59 Å². The van der Waals surface area contributed by atoms with E-state index in [2.05, 4.69) is 21.2 Å². The fourth-order valence-electron chi connectivity index (χ4n) is 2.94. The lowest BCUT2D eigenvalue weighted by molar-refractivity contribution is -0.122. The molecule has 1 aliphatic rings. The number of anilines is 1. The van der Waals surface area contributed by atoms with Crippen LogP contribution in [-0.4, -0.2) is 27.6 Å². The highest BCUT2D eigenvalue weighted by molar-refractivity contribution is 9.10. The lowest BCUT2D eigenvalue weighted by Gasteiger charge is -2.14. The van der Waals surface area contributed by atoms with Crippen molar-refractivity contribution in [2.75, 3.05) is 11.9 Å². The second-order valence-corrected chi connectivity index (χ2v) is 9.39. The average molecular weight is 501 g/mol. The van der Waals surface area contributed by atoms with E-state index in [1.165, 1.54) is 11.8 Å². The number of hydrogen-bond acceptors (Lipinski definition) is 4. The molecule has 1 saturated heterocycles. The summed E-state index contributed by atoms with van der Waals surface area (Å²) in [5.41, 5.74) is 2.80. The summed E-state index contributed by atoms with van der Waals surface area (Å²) in [6.07, 6.45) is 4.75. The Balaban J connectivity index is 1.53. The number of halogens is 1. The fourth-order valence-corrected chi connectivity index (χ4v) is 4.70. The predicted octanol–water partition coefficient (Wildman–Crippen LogP) is 6.02. The number of carbonyl (C=O) groups excluding carboxylic acids is 2. The number of rotatable bonds is 7. The second-order valence-electron chi connectivity index (χ2n) is 6.79. The molecule has 30 heavy (non-hydrogen) atoms. The number of allylic oxidation sites excluding steroid dienone is 2. The minimum absolute atomic E-state index is 0.0873. The Morgan fingerprint density at radius 2 is 1.97 bits per heavy atom. The molecule has 7 heteroatoms. The van der Waals surface area contributed by atoms with Crippen molar-refractivity contribution in [3.63, 3.8) is 0 Å². The molecule has 0 bridgehead atoms. The van der Waals surface area contributed by atoms with Crippen molar-refractivity contribution in [2.24, 2.45) is 0 Å². The number of carbonyl (C=O) groups is 2. The van der Waals surface area contributed by atoms with Gasteiger partial charge in [0.25, 0.3) is 5.91 Å². The Kier molecular flexibility index (Phi) is 8.01. The molecule has 1 heterocycles. The Labute approximate surface area is 194 Å². The molecule has 4 nitrogen and oxygen atoms in total. The molecule has 2 aromatic rings. The van der Waals surface area contributed by atoms with Gasteiger partial charge >= 0.3 is 0 Å². The van der Waals surface area contributed by atoms with Crippen molar-refractivity contribution in [3.8, 4) is 0 Å². The topological polar surface area (TPSA) is 49.4 Å². The first-order chi connectivity index (χ1) is 14.4. The molecule has 0 aromatic heterocycles. The third-order valence-corrected chi connectivity index (χ3v) is 6.19. The molecular weight excluding hydrogens is 480 g/mol. The molecule has 154 valence electrons. The van der Waals surface area contributed by atoms with E-state index < -0.39 is 0 Å². The largest absolute Gasteiger partial charge is 0.326 e. The van der Waals surface area contributed by atoms with Gasteiger partial charge in [-0.3, -0.25) is 14.5 Å². The van der Waals surface area contributed by atoms with Crippen LogP contribution in [0.5, 0.6) is 0 Å². The Bertz CT molecular complexity index is 1020. The van der Waals surface area contributed by atoms with E-state index in [1.807, 2.05) is 73.7 Å². The van der Waals surface area contributed by atoms with Crippen molar-refractivity contribution in [1.82, 2.24) is 4.90 Å².